The van der Waals surface area contributed by atoms with E-state index in [0.717, 1.165) is 30.7 Å². The van der Waals surface area contributed by atoms with E-state index in [2.05, 4.69) is 31.1 Å². The molecule has 0 saturated carbocycles. The fourth-order valence-electron chi connectivity index (χ4n) is 4.07. The molecule has 0 spiro atoms. The van der Waals surface area contributed by atoms with Gasteiger partial charge in [0.1, 0.15) is 0 Å². The topological polar surface area (TPSA) is 69.8 Å². The van der Waals surface area contributed by atoms with Gasteiger partial charge in [0.15, 0.2) is 5.49 Å². The molecular weight excluding hydrogens is 449 g/mol. The van der Waals surface area contributed by atoms with Crippen LogP contribution in [0.5, 0.6) is 0 Å². The zero-order chi connectivity index (χ0) is 25.1. The van der Waals surface area contributed by atoms with Gasteiger partial charge in [-0.05, 0) is 31.0 Å². The van der Waals surface area contributed by atoms with E-state index in [1.54, 1.807) is 0 Å². The third-order valence-electron chi connectivity index (χ3n) is 5.83. The maximum Gasteiger partial charge on any atom is 0.416 e. The highest BCUT2D eigenvalue weighted by Crippen LogP contribution is 2.32. The van der Waals surface area contributed by atoms with Gasteiger partial charge in [0.05, 0.1) is 30.4 Å². The summed E-state index contributed by atoms with van der Waals surface area (Å²) >= 11 is 0. The highest BCUT2D eigenvalue weighted by molar-refractivity contribution is 6.00. The van der Waals surface area contributed by atoms with Gasteiger partial charge in [0, 0.05) is 50.2 Å². The van der Waals surface area contributed by atoms with Crippen molar-refractivity contribution in [2.24, 2.45) is 12.0 Å². The van der Waals surface area contributed by atoms with Crippen molar-refractivity contribution in [3.05, 3.63) is 46.6 Å². The Kier molecular flexibility index (Phi) is 7.92. The van der Waals surface area contributed by atoms with Crippen LogP contribution < -0.4 is 10.8 Å². The number of benzene rings is 1. The first-order valence-electron chi connectivity index (χ1n) is 11.3. The van der Waals surface area contributed by atoms with Crippen LogP contribution in [0.4, 0.5) is 18.9 Å². The molecule has 7 nitrogen and oxygen atoms in total. The Morgan fingerprint density at radius 3 is 2.59 bits per heavy atom. The second-order valence-corrected chi connectivity index (χ2v) is 9.47. The lowest BCUT2D eigenvalue weighted by atomic mass is 9.92. The molecule has 10 heteroatoms. The number of alkyl halides is 3. The number of aromatic nitrogens is 2. The number of carbonyl (C=O) groups excluding carboxylic acids is 1. The third-order valence-corrected chi connectivity index (χ3v) is 5.83. The van der Waals surface area contributed by atoms with Gasteiger partial charge in [-0.1, -0.05) is 20.8 Å². The number of nitrogens with one attached hydrogen (secondary N) is 1. The molecule has 1 N–H and O–H groups in total. The lowest BCUT2D eigenvalue weighted by Gasteiger charge is -2.21. The predicted molar refractivity (Wildman–Crippen MR) is 123 cm³/mol. The fraction of sp³-hybridized carbons (Fsp3) is 0.583. The van der Waals surface area contributed by atoms with Crippen LogP contribution in [0.25, 0.3) is 0 Å². The summed E-state index contributed by atoms with van der Waals surface area (Å²) in [6.45, 7) is 8.01. The zero-order valence-electron chi connectivity index (χ0n) is 20.3. The molecule has 1 atom stereocenters. The van der Waals surface area contributed by atoms with Crippen molar-refractivity contribution < 1.29 is 27.4 Å². The summed E-state index contributed by atoms with van der Waals surface area (Å²) in [5.74, 6) is -0.752. The van der Waals surface area contributed by atoms with Gasteiger partial charge >= 0.3 is 6.18 Å². The van der Waals surface area contributed by atoms with Gasteiger partial charge in [-0.25, -0.2) is 0 Å². The SMILES string of the molecule is COCCNc1ccc(C(F)(F)F)cc1C(=O)N=c1cc(C(C)(C)C)n(C)n1C[C@H]1CCCO1. The zero-order valence-corrected chi connectivity index (χ0v) is 20.3. The molecule has 1 fully saturated rings. The summed E-state index contributed by atoms with van der Waals surface area (Å²) in [6, 6.07) is 4.87. The summed E-state index contributed by atoms with van der Waals surface area (Å²) in [5.41, 5.74) is 0.325. The van der Waals surface area contributed by atoms with E-state index in [1.165, 1.54) is 13.2 Å². The van der Waals surface area contributed by atoms with Gasteiger partial charge in [0.2, 0.25) is 0 Å². The Morgan fingerprint density at radius 2 is 2.00 bits per heavy atom. The average molecular weight is 483 g/mol. The highest BCUT2D eigenvalue weighted by atomic mass is 19.4. The number of ether oxygens (including phenoxy) is 2. The Bertz CT molecular complexity index is 1070. The molecule has 0 bridgehead atoms. The molecule has 1 aliphatic rings. The molecule has 1 aromatic carbocycles. The number of nitrogens with zero attached hydrogens (tertiary/aromatic N) is 3. The molecule has 188 valence electrons. The average Bonchev–Trinajstić information content (AvgIpc) is 3.37. The second kappa shape index (κ2) is 10.4. The smallest absolute Gasteiger partial charge is 0.383 e. The molecule has 1 amide bonds. The van der Waals surface area contributed by atoms with Gasteiger partial charge in [-0.15, -0.1) is 0 Å². The largest absolute Gasteiger partial charge is 0.416 e. The van der Waals surface area contributed by atoms with E-state index < -0.39 is 17.6 Å². The van der Waals surface area contributed by atoms with Crippen molar-refractivity contribution in [1.82, 2.24) is 9.36 Å². The van der Waals surface area contributed by atoms with Crippen LogP contribution in [0.2, 0.25) is 0 Å². The van der Waals surface area contributed by atoms with Crippen molar-refractivity contribution in [3.63, 3.8) is 0 Å². The van der Waals surface area contributed by atoms with Crippen LogP contribution >= 0.6 is 0 Å². The summed E-state index contributed by atoms with van der Waals surface area (Å²) < 4.78 is 54.7. The molecule has 2 aromatic rings. The molecule has 0 aliphatic carbocycles. The van der Waals surface area contributed by atoms with E-state index in [4.69, 9.17) is 9.47 Å². The third kappa shape index (κ3) is 6.09. The Balaban J connectivity index is 2.08. The van der Waals surface area contributed by atoms with Crippen molar-refractivity contribution >= 4 is 11.6 Å². The van der Waals surface area contributed by atoms with E-state index >= 15 is 0 Å². The predicted octanol–water partition coefficient (Wildman–Crippen LogP) is 4.12. The number of rotatable bonds is 7. The Labute approximate surface area is 197 Å². The summed E-state index contributed by atoms with van der Waals surface area (Å²) in [6.07, 6.45) is -2.72. The minimum atomic E-state index is -4.58. The van der Waals surface area contributed by atoms with Crippen molar-refractivity contribution in [1.29, 1.82) is 0 Å². The van der Waals surface area contributed by atoms with Crippen LogP contribution in [0.15, 0.2) is 29.3 Å². The van der Waals surface area contributed by atoms with E-state index in [9.17, 15) is 18.0 Å². The molecule has 2 heterocycles. The first-order chi connectivity index (χ1) is 15.9. The molecule has 1 aliphatic heterocycles. The highest BCUT2D eigenvalue weighted by Gasteiger charge is 2.32. The summed E-state index contributed by atoms with van der Waals surface area (Å²) in [5, 5.41) is 2.97. The van der Waals surface area contributed by atoms with E-state index in [1.807, 2.05) is 22.5 Å². The maximum absolute atomic E-state index is 13.4. The monoisotopic (exact) mass is 482 g/mol. The lowest BCUT2D eigenvalue weighted by molar-refractivity contribution is -0.137. The number of amides is 1. The number of hydrogen-bond acceptors (Lipinski definition) is 4. The molecule has 34 heavy (non-hydrogen) atoms. The van der Waals surface area contributed by atoms with Crippen molar-refractivity contribution in [2.75, 3.05) is 32.2 Å². The minimum Gasteiger partial charge on any atom is -0.383 e. The second-order valence-electron chi connectivity index (χ2n) is 9.47. The normalized spacial score (nSPS) is 17.4. The molecule has 0 unspecified atom stereocenters. The number of hydrogen-bond donors (Lipinski definition) is 1. The number of carbonyl (C=O) groups is 1. The minimum absolute atomic E-state index is 0.00435. The first-order valence-corrected chi connectivity index (χ1v) is 11.3. The molecular formula is C24H33F3N4O3. The first kappa shape index (κ1) is 26.0. The van der Waals surface area contributed by atoms with Crippen LogP contribution in [0.3, 0.4) is 0 Å². The van der Waals surface area contributed by atoms with Gasteiger partial charge in [-0.2, -0.15) is 18.2 Å². The van der Waals surface area contributed by atoms with Crippen molar-refractivity contribution in [2.45, 2.75) is 57.9 Å². The lowest BCUT2D eigenvalue weighted by Crippen LogP contribution is -2.30. The number of methoxy groups -OCH3 is 1. The molecule has 1 aromatic heterocycles. The van der Waals surface area contributed by atoms with Crippen LogP contribution in [0.1, 0.15) is 55.2 Å². The van der Waals surface area contributed by atoms with Crippen molar-refractivity contribution in [3.8, 4) is 0 Å². The maximum atomic E-state index is 13.4. The number of anilines is 1. The van der Waals surface area contributed by atoms with Crippen LogP contribution in [0, 0.1) is 0 Å². The molecule has 1 saturated heterocycles. The quantitative estimate of drug-likeness (QED) is 0.603. The Morgan fingerprint density at radius 1 is 1.26 bits per heavy atom. The standard InChI is InChI=1S/C24H33F3N4O3/c1-23(2,3)20-14-21(31(30(20)4)15-17-7-6-11-34-17)29-22(32)18-13-16(24(25,26)27)8-9-19(18)28-10-12-33-5/h8-9,13-14,17,28H,6-7,10-12,15H2,1-5H3/t17-/m1/s1. The number of halogens is 3. The molecule has 0 radical (unpaired) electrons. The van der Waals surface area contributed by atoms with Gasteiger partial charge in [0.25, 0.3) is 5.91 Å². The van der Waals surface area contributed by atoms with Crippen LogP contribution in [-0.2, 0) is 34.7 Å². The summed E-state index contributed by atoms with van der Waals surface area (Å²) in [4.78, 5) is 17.5. The molecule has 3 rings (SSSR count). The Hall–Kier alpha value is -2.59. The van der Waals surface area contributed by atoms with E-state index in [-0.39, 0.29) is 22.8 Å². The fourth-order valence-corrected chi connectivity index (χ4v) is 4.07. The van der Waals surface area contributed by atoms with Gasteiger partial charge < -0.3 is 14.8 Å². The summed E-state index contributed by atoms with van der Waals surface area (Å²) in [7, 11) is 3.41. The van der Waals surface area contributed by atoms with E-state index in [0.29, 0.717) is 31.8 Å². The van der Waals surface area contributed by atoms with Crippen LogP contribution in [-0.4, -0.2) is 48.2 Å². The van der Waals surface area contributed by atoms with Gasteiger partial charge in [-0.3, -0.25) is 14.2 Å².